The number of hydrogen-bond acceptors (Lipinski definition) is 2. The summed E-state index contributed by atoms with van der Waals surface area (Å²) in [5, 5.41) is 1.01. The predicted octanol–water partition coefficient (Wildman–Crippen LogP) is 3.33. The van der Waals surface area contributed by atoms with Gasteiger partial charge in [-0.25, -0.2) is 0 Å². The number of benzene rings is 1. The Hall–Kier alpha value is -0.770. The topological polar surface area (TPSA) is 46.3 Å². The molecule has 0 fully saturated rings. The first kappa shape index (κ1) is 16.3. The molecule has 1 rings (SSSR count). The Morgan fingerprint density at radius 2 is 2.11 bits per heavy atom. The Morgan fingerprint density at radius 1 is 1.42 bits per heavy atom. The van der Waals surface area contributed by atoms with Crippen molar-refractivity contribution in [1.29, 1.82) is 0 Å². The molecule has 0 aromatic heterocycles. The molecule has 1 aromatic rings. The van der Waals surface area contributed by atoms with Crippen molar-refractivity contribution in [1.82, 2.24) is 4.90 Å². The molecule has 2 N–H and O–H groups in total. The maximum absolute atomic E-state index is 12.2. The van der Waals surface area contributed by atoms with E-state index in [0.29, 0.717) is 23.1 Å². The molecule has 5 heteroatoms. The zero-order valence-corrected chi connectivity index (χ0v) is 12.8. The summed E-state index contributed by atoms with van der Waals surface area (Å²) in [6, 6.07) is 5.43. The smallest absolute Gasteiger partial charge is 0.226 e. The van der Waals surface area contributed by atoms with Crippen LogP contribution in [0.1, 0.15) is 25.3 Å². The minimum absolute atomic E-state index is 0.0559. The van der Waals surface area contributed by atoms with Gasteiger partial charge in [0.25, 0.3) is 0 Å². The van der Waals surface area contributed by atoms with Crippen LogP contribution in [0.25, 0.3) is 0 Å². The van der Waals surface area contributed by atoms with Crippen molar-refractivity contribution in [2.45, 2.75) is 26.3 Å². The summed E-state index contributed by atoms with van der Waals surface area (Å²) in [6.07, 6.45) is 1.75. The van der Waals surface area contributed by atoms with Gasteiger partial charge in [0.15, 0.2) is 0 Å². The van der Waals surface area contributed by atoms with Gasteiger partial charge in [-0.2, -0.15) is 0 Å². The number of nitrogens with two attached hydrogens (primary N) is 1. The number of carbonyl (C=O) groups excluding carboxylic acids is 1. The molecule has 3 nitrogen and oxygen atoms in total. The third kappa shape index (κ3) is 4.37. The van der Waals surface area contributed by atoms with Gasteiger partial charge in [-0.3, -0.25) is 4.79 Å². The molecule has 0 spiro atoms. The largest absolute Gasteiger partial charge is 0.341 e. The molecule has 106 valence electrons. The maximum atomic E-state index is 12.2. The molecule has 1 atom stereocenters. The second-order valence-electron chi connectivity index (χ2n) is 4.63. The van der Waals surface area contributed by atoms with Crippen molar-refractivity contribution in [3.63, 3.8) is 0 Å². The zero-order valence-electron chi connectivity index (χ0n) is 11.3. The molecule has 1 unspecified atom stereocenters. The van der Waals surface area contributed by atoms with Gasteiger partial charge in [-0.1, -0.05) is 48.7 Å². The normalized spacial score (nSPS) is 12.3. The average molecular weight is 303 g/mol. The molecule has 19 heavy (non-hydrogen) atoms. The molecule has 0 saturated heterocycles. The molecular formula is C14H20Cl2N2O. The fourth-order valence-electron chi connectivity index (χ4n) is 2.01. The molecule has 1 amide bonds. The summed E-state index contributed by atoms with van der Waals surface area (Å²) in [6.45, 7) is 2.86. The first-order valence-corrected chi connectivity index (χ1v) is 7.14. The minimum atomic E-state index is -0.118. The van der Waals surface area contributed by atoms with E-state index < -0.39 is 0 Å². The third-order valence-corrected chi connectivity index (χ3v) is 3.94. The van der Waals surface area contributed by atoms with E-state index in [1.54, 1.807) is 18.0 Å². The second kappa shape index (κ2) is 7.73. The Kier molecular flexibility index (Phi) is 6.63. The highest BCUT2D eigenvalue weighted by Crippen LogP contribution is 2.26. The van der Waals surface area contributed by atoms with E-state index in [2.05, 4.69) is 0 Å². The van der Waals surface area contributed by atoms with Gasteiger partial charge in [0.1, 0.15) is 0 Å². The molecule has 0 aliphatic carbocycles. The van der Waals surface area contributed by atoms with Crippen molar-refractivity contribution < 1.29 is 4.79 Å². The molecule has 0 bridgehead atoms. The second-order valence-corrected chi connectivity index (χ2v) is 5.41. The van der Waals surface area contributed by atoms with Crippen LogP contribution in [0.2, 0.25) is 10.0 Å². The SMILES string of the molecule is CCCC(CN)C(=O)N(C)Cc1cccc(Cl)c1Cl. The molecular weight excluding hydrogens is 283 g/mol. The quantitative estimate of drug-likeness (QED) is 0.876. The van der Waals surface area contributed by atoms with E-state index in [-0.39, 0.29) is 11.8 Å². The lowest BCUT2D eigenvalue weighted by Gasteiger charge is -2.23. The predicted molar refractivity (Wildman–Crippen MR) is 80.4 cm³/mol. The maximum Gasteiger partial charge on any atom is 0.226 e. The minimum Gasteiger partial charge on any atom is -0.341 e. The van der Waals surface area contributed by atoms with Crippen LogP contribution in [0.4, 0.5) is 0 Å². The van der Waals surface area contributed by atoms with Crippen LogP contribution in [-0.2, 0) is 11.3 Å². The van der Waals surface area contributed by atoms with Crippen molar-refractivity contribution in [3.8, 4) is 0 Å². The fourth-order valence-corrected chi connectivity index (χ4v) is 2.39. The van der Waals surface area contributed by atoms with Gasteiger partial charge in [0.05, 0.1) is 16.0 Å². The Bertz CT molecular complexity index is 437. The van der Waals surface area contributed by atoms with Crippen LogP contribution in [-0.4, -0.2) is 24.4 Å². The van der Waals surface area contributed by atoms with Crippen LogP contribution in [0.15, 0.2) is 18.2 Å². The number of halogens is 2. The van der Waals surface area contributed by atoms with E-state index in [0.717, 1.165) is 18.4 Å². The van der Waals surface area contributed by atoms with Crippen molar-refractivity contribution in [3.05, 3.63) is 33.8 Å². The molecule has 0 radical (unpaired) electrons. The van der Waals surface area contributed by atoms with Gasteiger partial charge < -0.3 is 10.6 Å². The van der Waals surface area contributed by atoms with Gasteiger partial charge in [-0.15, -0.1) is 0 Å². The monoisotopic (exact) mass is 302 g/mol. The highest BCUT2D eigenvalue weighted by Gasteiger charge is 2.20. The number of hydrogen-bond donors (Lipinski definition) is 1. The highest BCUT2D eigenvalue weighted by atomic mass is 35.5. The standard InChI is InChI=1S/C14H20Cl2N2O/c1-3-5-10(8-17)14(19)18(2)9-11-6-4-7-12(15)13(11)16/h4,6-7,10H,3,5,8-9,17H2,1-2H3. The first-order chi connectivity index (χ1) is 9.01. The molecule has 0 aliphatic rings. The van der Waals surface area contributed by atoms with Crippen LogP contribution < -0.4 is 5.73 Å². The van der Waals surface area contributed by atoms with Gasteiger partial charge in [0.2, 0.25) is 5.91 Å². The Labute approximate surface area is 124 Å². The summed E-state index contributed by atoms with van der Waals surface area (Å²) in [5.41, 5.74) is 6.49. The Morgan fingerprint density at radius 3 is 2.68 bits per heavy atom. The first-order valence-electron chi connectivity index (χ1n) is 6.39. The van der Waals surface area contributed by atoms with Crippen molar-refractivity contribution >= 4 is 29.1 Å². The summed E-state index contributed by atoms with van der Waals surface area (Å²) in [4.78, 5) is 13.9. The van der Waals surface area contributed by atoms with E-state index in [1.807, 2.05) is 19.1 Å². The summed E-state index contributed by atoms with van der Waals surface area (Å²) < 4.78 is 0. The number of rotatable bonds is 6. The van der Waals surface area contributed by atoms with Gasteiger partial charge in [-0.05, 0) is 18.1 Å². The van der Waals surface area contributed by atoms with Gasteiger partial charge >= 0.3 is 0 Å². The highest BCUT2D eigenvalue weighted by molar-refractivity contribution is 6.42. The summed E-state index contributed by atoms with van der Waals surface area (Å²) >= 11 is 12.1. The summed E-state index contributed by atoms with van der Waals surface area (Å²) in [5.74, 6) is -0.0617. The van der Waals surface area contributed by atoms with E-state index in [1.165, 1.54) is 0 Å². The van der Waals surface area contributed by atoms with Crippen LogP contribution in [0, 0.1) is 5.92 Å². The number of nitrogens with zero attached hydrogens (tertiary/aromatic N) is 1. The van der Waals surface area contributed by atoms with Crippen molar-refractivity contribution in [2.24, 2.45) is 11.7 Å². The molecule has 0 heterocycles. The fraction of sp³-hybridized carbons (Fsp3) is 0.500. The molecule has 0 saturated carbocycles. The number of amides is 1. The van der Waals surface area contributed by atoms with Crippen molar-refractivity contribution in [2.75, 3.05) is 13.6 Å². The van der Waals surface area contributed by atoms with Crippen LogP contribution in [0.5, 0.6) is 0 Å². The molecule has 0 aliphatic heterocycles. The van der Waals surface area contributed by atoms with Gasteiger partial charge in [0, 0.05) is 20.1 Å². The van der Waals surface area contributed by atoms with Crippen LogP contribution >= 0.6 is 23.2 Å². The molecule has 1 aromatic carbocycles. The van der Waals surface area contributed by atoms with E-state index >= 15 is 0 Å². The van der Waals surface area contributed by atoms with E-state index in [9.17, 15) is 4.79 Å². The van der Waals surface area contributed by atoms with E-state index in [4.69, 9.17) is 28.9 Å². The zero-order chi connectivity index (χ0) is 14.4. The average Bonchev–Trinajstić information content (AvgIpc) is 2.40. The summed E-state index contributed by atoms with van der Waals surface area (Å²) in [7, 11) is 1.76. The Balaban J connectivity index is 2.76. The van der Waals surface area contributed by atoms with Crippen LogP contribution in [0.3, 0.4) is 0 Å². The lowest BCUT2D eigenvalue weighted by molar-refractivity contribution is -0.134. The third-order valence-electron chi connectivity index (χ3n) is 3.09. The number of carbonyl (C=O) groups is 1. The lowest BCUT2D eigenvalue weighted by atomic mass is 10.0. The lowest BCUT2D eigenvalue weighted by Crippen LogP contribution is -2.36.